The second-order valence-corrected chi connectivity index (χ2v) is 5.82. The van der Waals surface area contributed by atoms with E-state index in [1.165, 1.54) is 0 Å². The van der Waals surface area contributed by atoms with Crippen LogP contribution in [0, 0.1) is 5.92 Å². The molecule has 0 aliphatic carbocycles. The molecule has 96 valence electrons. The van der Waals surface area contributed by atoms with Gasteiger partial charge in [-0.2, -0.15) is 0 Å². The van der Waals surface area contributed by atoms with E-state index in [0.717, 1.165) is 19.6 Å². The first-order valence-electron chi connectivity index (χ1n) is 6.41. The molecule has 0 saturated carbocycles. The maximum Gasteiger partial charge on any atom is 0.0246 e. The molecule has 0 rings (SSSR count). The molecule has 0 radical (unpaired) electrons. The van der Waals surface area contributed by atoms with Gasteiger partial charge in [0, 0.05) is 24.7 Å². The minimum absolute atomic E-state index is 0.195. The van der Waals surface area contributed by atoms with Gasteiger partial charge in [0.1, 0.15) is 0 Å². The minimum atomic E-state index is 0.195. The predicted molar refractivity (Wildman–Crippen MR) is 73.8 cm³/mol. The van der Waals surface area contributed by atoms with Crippen molar-refractivity contribution in [3.05, 3.63) is 12.7 Å². The van der Waals surface area contributed by atoms with Crippen molar-refractivity contribution >= 4 is 0 Å². The van der Waals surface area contributed by atoms with Gasteiger partial charge in [-0.25, -0.2) is 0 Å². The summed E-state index contributed by atoms with van der Waals surface area (Å²) in [6, 6.07) is 0.585. The molecule has 0 aliphatic rings. The zero-order valence-corrected chi connectivity index (χ0v) is 12.0. The van der Waals surface area contributed by atoms with E-state index in [1.54, 1.807) is 0 Å². The molecule has 0 aromatic carbocycles. The zero-order valence-electron chi connectivity index (χ0n) is 12.0. The molecule has 0 spiro atoms. The molecule has 2 nitrogen and oxygen atoms in total. The van der Waals surface area contributed by atoms with E-state index in [4.69, 9.17) is 0 Å². The largest absolute Gasteiger partial charge is 0.311 e. The molecule has 2 heteroatoms. The molecule has 0 aromatic heterocycles. The van der Waals surface area contributed by atoms with E-state index in [1.807, 2.05) is 6.08 Å². The Morgan fingerprint density at radius 2 is 1.88 bits per heavy atom. The normalized spacial score (nSPS) is 14.5. The van der Waals surface area contributed by atoms with Gasteiger partial charge in [-0.1, -0.05) is 26.8 Å². The number of nitrogens with zero attached hydrogens (tertiary/aromatic N) is 1. The molecular weight excluding hydrogens is 196 g/mol. The van der Waals surface area contributed by atoms with E-state index >= 15 is 0 Å². The Kier molecular flexibility index (Phi) is 6.93. The van der Waals surface area contributed by atoms with Crippen molar-refractivity contribution < 1.29 is 0 Å². The monoisotopic (exact) mass is 226 g/mol. The topological polar surface area (TPSA) is 15.3 Å². The molecule has 1 atom stereocenters. The van der Waals surface area contributed by atoms with Crippen molar-refractivity contribution in [1.82, 2.24) is 10.2 Å². The SMILES string of the molecule is C=CCN(CC)C(CNC(C)(C)C)C(C)C. The Balaban J connectivity index is 4.40. The quantitative estimate of drug-likeness (QED) is 0.672. The van der Waals surface area contributed by atoms with Gasteiger partial charge >= 0.3 is 0 Å². The number of hydrogen-bond acceptors (Lipinski definition) is 2. The van der Waals surface area contributed by atoms with Crippen LogP contribution in [0.15, 0.2) is 12.7 Å². The highest BCUT2D eigenvalue weighted by atomic mass is 15.2. The van der Waals surface area contributed by atoms with Gasteiger partial charge in [-0.3, -0.25) is 4.90 Å². The number of hydrogen-bond donors (Lipinski definition) is 1. The fraction of sp³-hybridized carbons (Fsp3) is 0.857. The van der Waals surface area contributed by atoms with E-state index in [2.05, 4.69) is 58.3 Å². The molecule has 0 aromatic rings. The highest BCUT2D eigenvalue weighted by Crippen LogP contribution is 2.11. The summed E-state index contributed by atoms with van der Waals surface area (Å²) < 4.78 is 0. The van der Waals surface area contributed by atoms with E-state index in [9.17, 15) is 0 Å². The molecule has 1 N–H and O–H groups in total. The lowest BCUT2D eigenvalue weighted by Crippen LogP contribution is -2.50. The van der Waals surface area contributed by atoms with Crippen molar-refractivity contribution in [2.75, 3.05) is 19.6 Å². The average Bonchev–Trinajstić information content (AvgIpc) is 2.14. The Bertz CT molecular complexity index is 191. The third kappa shape index (κ3) is 6.29. The van der Waals surface area contributed by atoms with Crippen molar-refractivity contribution in [2.24, 2.45) is 5.92 Å². The Morgan fingerprint density at radius 3 is 2.19 bits per heavy atom. The zero-order chi connectivity index (χ0) is 12.8. The highest BCUT2D eigenvalue weighted by Gasteiger charge is 2.21. The smallest absolute Gasteiger partial charge is 0.0246 e. The van der Waals surface area contributed by atoms with Crippen LogP contribution < -0.4 is 5.32 Å². The molecule has 16 heavy (non-hydrogen) atoms. The van der Waals surface area contributed by atoms with Gasteiger partial charge in [-0.15, -0.1) is 6.58 Å². The van der Waals surface area contributed by atoms with Crippen LogP contribution in [-0.4, -0.2) is 36.1 Å². The fourth-order valence-electron chi connectivity index (χ4n) is 1.86. The summed E-state index contributed by atoms with van der Waals surface area (Å²) >= 11 is 0. The summed E-state index contributed by atoms with van der Waals surface area (Å²) in [5.41, 5.74) is 0.195. The molecule has 0 aliphatic heterocycles. The third-order valence-electron chi connectivity index (χ3n) is 2.85. The number of likely N-dealkylation sites (N-methyl/N-ethyl adjacent to an activating group) is 1. The van der Waals surface area contributed by atoms with Crippen LogP contribution in [0.4, 0.5) is 0 Å². The Hall–Kier alpha value is -0.340. The van der Waals surface area contributed by atoms with Gasteiger partial charge < -0.3 is 5.32 Å². The molecule has 1 unspecified atom stereocenters. The second-order valence-electron chi connectivity index (χ2n) is 5.82. The van der Waals surface area contributed by atoms with Gasteiger partial charge in [0.25, 0.3) is 0 Å². The molecule has 0 amide bonds. The highest BCUT2D eigenvalue weighted by molar-refractivity contribution is 4.84. The average molecular weight is 226 g/mol. The van der Waals surface area contributed by atoms with Crippen LogP contribution in [0.5, 0.6) is 0 Å². The van der Waals surface area contributed by atoms with Crippen LogP contribution in [0.1, 0.15) is 41.5 Å². The lowest BCUT2D eigenvalue weighted by atomic mass is 10.0. The number of nitrogens with one attached hydrogen (secondary N) is 1. The first-order chi connectivity index (χ1) is 7.31. The van der Waals surface area contributed by atoms with Gasteiger partial charge in [0.15, 0.2) is 0 Å². The predicted octanol–water partition coefficient (Wildman–Crippen LogP) is 2.91. The fourth-order valence-corrected chi connectivity index (χ4v) is 1.86. The summed E-state index contributed by atoms with van der Waals surface area (Å²) in [6.07, 6.45) is 2.00. The van der Waals surface area contributed by atoms with Gasteiger partial charge in [-0.05, 0) is 33.2 Å². The van der Waals surface area contributed by atoms with Crippen LogP contribution in [0.25, 0.3) is 0 Å². The second kappa shape index (κ2) is 7.08. The van der Waals surface area contributed by atoms with Crippen LogP contribution in [0.3, 0.4) is 0 Å². The summed E-state index contributed by atoms with van der Waals surface area (Å²) in [6.45, 7) is 20.4. The van der Waals surface area contributed by atoms with Gasteiger partial charge in [0.2, 0.25) is 0 Å². The summed E-state index contributed by atoms with van der Waals surface area (Å²) in [5, 5.41) is 3.60. The standard InChI is InChI=1S/C14H30N2/c1-8-10-16(9-2)13(12(3)4)11-15-14(5,6)7/h8,12-13,15H,1,9-11H2,2-7H3. The van der Waals surface area contributed by atoms with E-state index in [-0.39, 0.29) is 5.54 Å². The maximum absolute atomic E-state index is 3.84. The molecule has 0 saturated heterocycles. The lowest BCUT2D eigenvalue weighted by molar-refractivity contribution is 0.166. The van der Waals surface area contributed by atoms with Crippen molar-refractivity contribution in [3.63, 3.8) is 0 Å². The maximum atomic E-state index is 3.84. The minimum Gasteiger partial charge on any atom is -0.311 e. The Labute approximate surface area is 102 Å². The van der Waals surface area contributed by atoms with Crippen LogP contribution >= 0.6 is 0 Å². The van der Waals surface area contributed by atoms with E-state index in [0.29, 0.717) is 12.0 Å². The first kappa shape index (κ1) is 15.7. The Morgan fingerprint density at radius 1 is 1.31 bits per heavy atom. The molecular formula is C14H30N2. The summed E-state index contributed by atoms with van der Waals surface area (Å²) in [7, 11) is 0. The lowest BCUT2D eigenvalue weighted by Gasteiger charge is -2.35. The third-order valence-corrected chi connectivity index (χ3v) is 2.85. The first-order valence-corrected chi connectivity index (χ1v) is 6.41. The molecule has 0 fully saturated rings. The van der Waals surface area contributed by atoms with Crippen molar-refractivity contribution in [2.45, 2.75) is 53.1 Å². The van der Waals surface area contributed by atoms with Crippen molar-refractivity contribution in [3.8, 4) is 0 Å². The summed E-state index contributed by atoms with van der Waals surface area (Å²) in [5.74, 6) is 0.662. The molecule has 0 heterocycles. The van der Waals surface area contributed by atoms with Gasteiger partial charge in [0.05, 0.1) is 0 Å². The summed E-state index contributed by atoms with van der Waals surface area (Å²) in [4.78, 5) is 2.48. The van der Waals surface area contributed by atoms with Crippen LogP contribution in [-0.2, 0) is 0 Å². The van der Waals surface area contributed by atoms with E-state index < -0.39 is 0 Å². The number of rotatable bonds is 7. The molecule has 0 bridgehead atoms. The van der Waals surface area contributed by atoms with Crippen LogP contribution in [0.2, 0.25) is 0 Å². The van der Waals surface area contributed by atoms with Crippen molar-refractivity contribution in [1.29, 1.82) is 0 Å².